The molecular formula is C25H22N4. The maximum Gasteiger partial charge on any atom is 0.163 e. The molecule has 0 aliphatic carbocycles. The van der Waals surface area contributed by atoms with Gasteiger partial charge in [0.25, 0.3) is 0 Å². The molecule has 4 nitrogen and oxygen atoms in total. The monoisotopic (exact) mass is 378 g/mol. The average molecular weight is 378 g/mol. The number of nitrogens with zero attached hydrogens (tertiary/aromatic N) is 4. The van der Waals surface area contributed by atoms with Crippen molar-refractivity contribution in [3.63, 3.8) is 0 Å². The zero-order valence-corrected chi connectivity index (χ0v) is 16.5. The minimum Gasteiger partial charge on any atom is -0.348 e. The van der Waals surface area contributed by atoms with Gasteiger partial charge in [-0.05, 0) is 24.6 Å². The molecule has 0 unspecified atom stereocenters. The molecule has 1 aliphatic rings. The molecular weight excluding hydrogens is 356 g/mol. The molecule has 3 aromatic carbocycles. The molecule has 4 heteroatoms. The third-order valence-electron chi connectivity index (χ3n) is 5.44. The van der Waals surface area contributed by atoms with Gasteiger partial charge in [-0.15, -0.1) is 0 Å². The fourth-order valence-corrected chi connectivity index (χ4v) is 4.08. The third kappa shape index (κ3) is 2.93. The Bertz CT molecular complexity index is 1160. The summed E-state index contributed by atoms with van der Waals surface area (Å²) < 4.78 is 1.97. The molecule has 29 heavy (non-hydrogen) atoms. The van der Waals surface area contributed by atoms with Crippen LogP contribution < -0.4 is 0 Å². The van der Waals surface area contributed by atoms with Gasteiger partial charge in [0.2, 0.25) is 0 Å². The topological polar surface area (TPSA) is 33.4 Å². The summed E-state index contributed by atoms with van der Waals surface area (Å²) in [5.74, 6) is 1.85. The van der Waals surface area contributed by atoms with Crippen molar-refractivity contribution in [1.29, 1.82) is 0 Å². The van der Waals surface area contributed by atoms with Crippen LogP contribution in [0.25, 0.3) is 5.69 Å². The van der Waals surface area contributed by atoms with E-state index in [1.807, 2.05) is 28.9 Å². The Morgan fingerprint density at radius 1 is 0.759 bits per heavy atom. The molecule has 0 amide bonds. The Kier molecular flexibility index (Phi) is 4.24. The molecule has 1 atom stereocenters. The van der Waals surface area contributed by atoms with Crippen LogP contribution in [0.5, 0.6) is 0 Å². The van der Waals surface area contributed by atoms with Crippen LogP contribution >= 0.6 is 0 Å². The highest BCUT2D eigenvalue weighted by Gasteiger charge is 2.34. The molecule has 142 valence electrons. The van der Waals surface area contributed by atoms with Gasteiger partial charge in [-0.2, -0.15) is 5.10 Å². The van der Waals surface area contributed by atoms with E-state index in [1.54, 1.807) is 0 Å². The second-order valence-corrected chi connectivity index (χ2v) is 7.30. The number of amidine groups is 1. The van der Waals surface area contributed by atoms with Gasteiger partial charge >= 0.3 is 0 Å². The van der Waals surface area contributed by atoms with E-state index in [4.69, 9.17) is 10.1 Å². The molecule has 0 spiro atoms. The lowest BCUT2D eigenvalue weighted by molar-refractivity contribution is 0.420. The molecule has 4 aromatic rings. The maximum absolute atomic E-state index is 5.11. The van der Waals surface area contributed by atoms with Crippen molar-refractivity contribution in [1.82, 2.24) is 14.7 Å². The van der Waals surface area contributed by atoms with Crippen LogP contribution in [-0.2, 0) is 0 Å². The Labute approximate surface area is 170 Å². The van der Waals surface area contributed by atoms with E-state index < -0.39 is 0 Å². The SMILES string of the molecule is Cc1nn(-c2ccccc2)c2c1[C@H](c1ccccc1)N(C)C(c1ccccc1)=N2. The lowest BCUT2D eigenvalue weighted by Crippen LogP contribution is -2.35. The number of hydrogen-bond donors (Lipinski definition) is 0. The number of aryl methyl sites for hydroxylation is 1. The van der Waals surface area contributed by atoms with Gasteiger partial charge in [0, 0.05) is 18.2 Å². The van der Waals surface area contributed by atoms with Crippen LogP contribution in [-0.4, -0.2) is 27.6 Å². The Morgan fingerprint density at radius 3 is 2.00 bits per heavy atom. The van der Waals surface area contributed by atoms with E-state index in [0.29, 0.717) is 0 Å². The normalized spacial score (nSPS) is 15.7. The Balaban J connectivity index is 1.78. The summed E-state index contributed by atoms with van der Waals surface area (Å²) in [4.78, 5) is 7.37. The molecule has 5 rings (SSSR count). The van der Waals surface area contributed by atoms with Gasteiger partial charge in [0.1, 0.15) is 5.84 Å². The van der Waals surface area contributed by atoms with Crippen molar-refractivity contribution in [3.05, 3.63) is 113 Å². The first-order chi connectivity index (χ1) is 14.2. The fourth-order valence-electron chi connectivity index (χ4n) is 4.08. The van der Waals surface area contributed by atoms with Crippen LogP contribution in [0.4, 0.5) is 5.82 Å². The second kappa shape index (κ2) is 7.06. The summed E-state index contributed by atoms with van der Waals surface area (Å²) in [6.07, 6.45) is 0. The predicted molar refractivity (Wildman–Crippen MR) is 117 cm³/mol. The van der Waals surface area contributed by atoms with Crippen LogP contribution in [0.1, 0.15) is 28.4 Å². The van der Waals surface area contributed by atoms with Crippen molar-refractivity contribution >= 4 is 11.7 Å². The van der Waals surface area contributed by atoms with Crippen molar-refractivity contribution in [3.8, 4) is 5.69 Å². The van der Waals surface area contributed by atoms with Crippen LogP contribution in [0.2, 0.25) is 0 Å². The van der Waals surface area contributed by atoms with Crippen LogP contribution in [0, 0.1) is 6.92 Å². The summed E-state index contributed by atoms with van der Waals surface area (Å²) in [7, 11) is 2.12. The van der Waals surface area contributed by atoms with Gasteiger partial charge in [0.15, 0.2) is 5.82 Å². The van der Waals surface area contributed by atoms with Gasteiger partial charge in [-0.3, -0.25) is 0 Å². The Morgan fingerprint density at radius 2 is 1.34 bits per heavy atom. The first-order valence-electron chi connectivity index (χ1n) is 9.81. The van der Waals surface area contributed by atoms with Gasteiger partial charge in [-0.25, -0.2) is 9.67 Å². The highest BCUT2D eigenvalue weighted by atomic mass is 15.4. The van der Waals surface area contributed by atoms with E-state index in [1.165, 1.54) is 5.56 Å². The van der Waals surface area contributed by atoms with Crippen LogP contribution in [0.3, 0.4) is 0 Å². The Hall–Kier alpha value is -3.66. The number of aromatic nitrogens is 2. The lowest BCUT2D eigenvalue weighted by Gasteiger charge is -2.35. The summed E-state index contributed by atoms with van der Waals surface area (Å²) in [5, 5.41) is 4.88. The zero-order chi connectivity index (χ0) is 19.8. The molecule has 1 aromatic heterocycles. The largest absolute Gasteiger partial charge is 0.348 e. The minimum absolute atomic E-state index is 0.0522. The number of hydrogen-bond acceptors (Lipinski definition) is 3. The number of para-hydroxylation sites is 1. The maximum atomic E-state index is 5.11. The van der Waals surface area contributed by atoms with Gasteiger partial charge in [0.05, 0.1) is 17.4 Å². The first kappa shape index (κ1) is 17.4. The van der Waals surface area contributed by atoms with Crippen LogP contribution in [0.15, 0.2) is 96.0 Å². The fraction of sp³-hybridized carbons (Fsp3) is 0.120. The molecule has 0 bridgehead atoms. The summed E-state index contributed by atoms with van der Waals surface area (Å²) in [6, 6.07) is 31.2. The molecule has 0 saturated carbocycles. The van der Waals surface area contributed by atoms with Crippen molar-refractivity contribution < 1.29 is 0 Å². The third-order valence-corrected chi connectivity index (χ3v) is 5.44. The summed E-state index contributed by atoms with van der Waals surface area (Å²) >= 11 is 0. The van der Waals surface area contributed by atoms with E-state index in [-0.39, 0.29) is 6.04 Å². The second-order valence-electron chi connectivity index (χ2n) is 7.30. The summed E-state index contributed by atoms with van der Waals surface area (Å²) in [5.41, 5.74) is 5.50. The standard InChI is InChI=1S/C25H22N4/c1-18-22-23(19-12-6-3-7-13-19)28(2)24(20-14-8-4-9-15-20)26-25(22)29(27-18)21-16-10-5-11-17-21/h3-17,23H,1-2H3/t23-/m0/s1. The van der Waals surface area contributed by atoms with Crippen molar-refractivity contribution in [2.45, 2.75) is 13.0 Å². The highest BCUT2D eigenvalue weighted by molar-refractivity contribution is 6.02. The van der Waals surface area contributed by atoms with E-state index in [9.17, 15) is 0 Å². The highest BCUT2D eigenvalue weighted by Crippen LogP contribution is 2.42. The van der Waals surface area contributed by atoms with E-state index >= 15 is 0 Å². The van der Waals surface area contributed by atoms with Crippen molar-refractivity contribution in [2.75, 3.05) is 7.05 Å². The number of rotatable bonds is 3. The number of fused-ring (bicyclic) bond motifs is 1. The van der Waals surface area contributed by atoms with E-state index in [0.717, 1.165) is 34.2 Å². The summed E-state index contributed by atoms with van der Waals surface area (Å²) in [6.45, 7) is 2.07. The molecule has 0 radical (unpaired) electrons. The predicted octanol–water partition coefficient (Wildman–Crippen LogP) is 5.29. The van der Waals surface area contributed by atoms with Gasteiger partial charge < -0.3 is 4.90 Å². The molecule has 2 heterocycles. The minimum atomic E-state index is 0.0522. The molecule has 0 fully saturated rings. The zero-order valence-electron chi connectivity index (χ0n) is 16.5. The molecule has 0 saturated heterocycles. The lowest BCUT2D eigenvalue weighted by atomic mass is 9.94. The molecule has 1 aliphatic heterocycles. The number of benzene rings is 3. The van der Waals surface area contributed by atoms with Gasteiger partial charge in [-0.1, -0.05) is 78.9 Å². The quantitative estimate of drug-likeness (QED) is 0.485. The van der Waals surface area contributed by atoms with E-state index in [2.05, 4.69) is 85.6 Å². The molecule has 0 N–H and O–H groups in total. The smallest absolute Gasteiger partial charge is 0.163 e. The first-order valence-corrected chi connectivity index (χ1v) is 9.81. The van der Waals surface area contributed by atoms with Crippen molar-refractivity contribution in [2.24, 2.45) is 4.99 Å². The average Bonchev–Trinajstić information content (AvgIpc) is 3.11. The number of aliphatic imine (C=N–C) groups is 1.